The van der Waals surface area contributed by atoms with Gasteiger partial charge in [-0.05, 0) is 12.0 Å². The van der Waals surface area contributed by atoms with E-state index in [-0.39, 0.29) is 12.1 Å². The van der Waals surface area contributed by atoms with Crippen LogP contribution in [0.15, 0.2) is 35.2 Å². The number of methoxy groups -OCH3 is 1. The number of benzene rings is 1. The molecule has 2 saturated heterocycles. The van der Waals surface area contributed by atoms with Crippen molar-refractivity contribution in [2.75, 3.05) is 49.3 Å². The number of aromatic nitrogens is 2. The Morgan fingerprint density at radius 3 is 2.83 bits per heavy atom. The minimum atomic E-state index is -0.259. The quantitative estimate of drug-likeness (QED) is 0.829. The minimum Gasteiger partial charge on any atom is -0.453 e. The highest BCUT2D eigenvalue weighted by Gasteiger charge is 2.33. The summed E-state index contributed by atoms with van der Waals surface area (Å²) in [6.45, 7) is 3.26. The highest BCUT2D eigenvalue weighted by molar-refractivity contribution is 7.99. The number of ether oxygens (including phenoxy) is 1. The third kappa shape index (κ3) is 3.61. The van der Waals surface area contributed by atoms with E-state index in [0.29, 0.717) is 19.0 Å². The Balaban J connectivity index is 1.30. The summed E-state index contributed by atoms with van der Waals surface area (Å²) in [7, 11) is 1.43. The number of rotatable bonds is 4. The molecule has 5 rings (SSSR count). The van der Waals surface area contributed by atoms with Gasteiger partial charge >= 0.3 is 6.09 Å². The maximum absolute atomic E-state index is 11.8. The molecule has 0 bridgehead atoms. The van der Waals surface area contributed by atoms with E-state index in [9.17, 15) is 4.79 Å². The molecule has 0 saturated carbocycles. The summed E-state index contributed by atoms with van der Waals surface area (Å²) < 4.78 is 4.85. The maximum Gasteiger partial charge on any atom is 0.409 e. The lowest BCUT2D eigenvalue weighted by atomic mass is 9.92. The Morgan fingerprint density at radius 1 is 1.21 bits per heavy atom. The summed E-state index contributed by atoms with van der Waals surface area (Å²) in [4.78, 5) is 26.7. The molecule has 0 radical (unpaired) electrons. The molecule has 0 spiro atoms. The van der Waals surface area contributed by atoms with Crippen LogP contribution in [0.5, 0.6) is 0 Å². The van der Waals surface area contributed by atoms with Crippen LogP contribution in [-0.4, -0.2) is 66.0 Å². The van der Waals surface area contributed by atoms with Gasteiger partial charge in [-0.3, -0.25) is 0 Å². The molecule has 1 amide bonds. The number of nitrogens with one attached hydrogen (secondary N) is 1. The summed E-state index contributed by atoms with van der Waals surface area (Å²) in [5, 5.41) is 3.59. The van der Waals surface area contributed by atoms with Crippen LogP contribution in [0.2, 0.25) is 0 Å². The van der Waals surface area contributed by atoms with E-state index in [1.54, 1.807) is 4.90 Å². The van der Waals surface area contributed by atoms with Crippen LogP contribution >= 0.6 is 11.8 Å². The minimum absolute atomic E-state index is 0.190. The van der Waals surface area contributed by atoms with Crippen LogP contribution in [0.25, 0.3) is 0 Å². The molecule has 29 heavy (non-hydrogen) atoms. The third-order valence-electron chi connectivity index (χ3n) is 5.91. The lowest BCUT2D eigenvalue weighted by Gasteiger charge is -2.40. The van der Waals surface area contributed by atoms with Gasteiger partial charge in [-0.25, -0.2) is 9.78 Å². The molecule has 152 valence electrons. The van der Waals surface area contributed by atoms with Crippen molar-refractivity contribution < 1.29 is 9.53 Å². The molecule has 4 heterocycles. The number of aryl methyl sites for hydroxylation is 1. The van der Waals surface area contributed by atoms with Crippen LogP contribution in [0.4, 0.5) is 16.6 Å². The first-order valence-corrected chi connectivity index (χ1v) is 11.1. The van der Waals surface area contributed by atoms with Gasteiger partial charge in [-0.15, -0.1) is 11.8 Å². The van der Waals surface area contributed by atoms with E-state index in [0.717, 1.165) is 49.1 Å². The maximum atomic E-state index is 11.8. The standard InChI is InChI=1S/C21H25N5O2S/c1-28-21(27)25-9-7-16(13-25)22-19-18-17(8-10-29-18)23-20(24-19)26-11-15(12-26)14-5-3-2-4-6-14/h2-6,15-16H,7-13H2,1H3,(H,22,23,24)/t16-/m0/s1. The van der Waals surface area contributed by atoms with Crippen LogP contribution in [-0.2, 0) is 11.2 Å². The SMILES string of the molecule is COC(=O)N1CC[C@H](Nc2nc(N3CC(c4ccccc4)C3)nc3c2SCC3)C1. The van der Waals surface area contributed by atoms with Gasteiger partial charge in [0, 0.05) is 50.3 Å². The van der Waals surface area contributed by atoms with Gasteiger partial charge in [-0.1, -0.05) is 30.3 Å². The largest absolute Gasteiger partial charge is 0.453 e. The van der Waals surface area contributed by atoms with Gasteiger partial charge in [-0.2, -0.15) is 4.98 Å². The van der Waals surface area contributed by atoms with Crippen molar-refractivity contribution in [3.05, 3.63) is 41.6 Å². The summed E-state index contributed by atoms with van der Waals surface area (Å²) >= 11 is 1.82. The highest BCUT2D eigenvalue weighted by Crippen LogP contribution is 2.39. The second-order valence-corrected chi connectivity index (χ2v) is 8.91. The van der Waals surface area contributed by atoms with E-state index in [2.05, 4.69) is 40.5 Å². The number of anilines is 2. The Kier molecular flexibility index (Phi) is 4.95. The van der Waals surface area contributed by atoms with Gasteiger partial charge < -0.3 is 19.9 Å². The molecule has 1 aromatic carbocycles. The number of carbonyl (C=O) groups is 1. The van der Waals surface area contributed by atoms with Gasteiger partial charge in [0.2, 0.25) is 5.95 Å². The van der Waals surface area contributed by atoms with E-state index < -0.39 is 0 Å². The van der Waals surface area contributed by atoms with E-state index in [1.165, 1.54) is 17.6 Å². The smallest absolute Gasteiger partial charge is 0.409 e. The molecular weight excluding hydrogens is 386 g/mol. The van der Waals surface area contributed by atoms with Gasteiger partial charge in [0.1, 0.15) is 5.82 Å². The molecule has 1 aromatic heterocycles. The van der Waals surface area contributed by atoms with Gasteiger partial charge in [0.05, 0.1) is 17.7 Å². The van der Waals surface area contributed by atoms with Crippen molar-refractivity contribution in [3.63, 3.8) is 0 Å². The second-order valence-electron chi connectivity index (χ2n) is 7.81. The van der Waals surface area contributed by atoms with Crippen LogP contribution in [0, 0.1) is 0 Å². The van der Waals surface area contributed by atoms with E-state index in [1.807, 2.05) is 11.8 Å². The molecule has 3 aliphatic heterocycles. The van der Waals surface area contributed by atoms with E-state index in [4.69, 9.17) is 14.7 Å². The Bertz CT molecular complexity index is 903. The zero-order valence-corrected chi connectivity index (χ0v) is 17.3. The Morgan fingerprint density at radius 2 is 2.03 bits per heavy atom. The fourth-order valence-corrected chi connectivity index (χ4v) is 5.29. The second kappa shape index (κ2) is 7.74. The number of carbonyl (C=O) groups excluding carboxylic acids is 1. The highest BCUT2D eigenvalue weighted by atomic mass is 32.2. The lowest BCUT2D eigenvalue weighted by molar-refractivity contribution is 0.132. The number of nitrogens with zero attached hydrogens (tertiary/aromatic N) is 4. The molecule has 0 unspecified atom stereocenters. The first kappa shape index (κ1) is 18.5. The molecular formula is C21H25N5O2S. The van der Waals surface area contributed by atoms with Crippen LogP contribution in [0.1, 0.15) is 23.6 Å². The number of fused-ring (bicyclic) bond motifs is 1. The third-order valence-corrected chi connectivity index (χ3v) is 7.03. The molecule has 2 aromatic rings. The molecule has 1 atom stereocenters. The molecule has 1 N–H and O–H groups in total. The van der Waals surface area contributed by atoms with Crippen molar-refractivity contribution >= 4 is 29.6 Å². The fraction of sp³-hybridized carbons (Fsp3) is 0.476. The predicted octanol–water partition coefficient (Wildman–Crippen LogP) is 2.98. The lowest BCUT2D eigenvalue weighted by Crippen LogP contribution is -2.46. The topological polar surface area (TPSA) is 70.6 Å². The monoisotopic (exact) mass is 411 g/mol. The number of hydrogen-bond acceptors (Lipinski definition) is 7. The molecule has 8 heteroatoms. The molecule has 0 aliphatic carbocycles. The zero-order chi connectivity index (χ0) is 19.8. The number of likely N-dealkylation sites (tertiary alicyclic amines) is 1. The van der Waals surface area contributed by atoms with Crippen molar-refractivity contribution in [1.82, 2.24) is 14.9 Å². The molecule has 2 fully saturated rings. The normalized spacial score (nSPS) is 21.1. The predicted molar refractivity (Wildman–Crippen MR) is 114 cm³/mol. The van der Waals surface area contributed by atoms with E-state index >= 15 is 0 Å². The van der Waals surface area contributed by atoms with Crippen molar-refractivity contribution in [2.45, 2.75) is 29.7 Å². The average molecular weight is 412 g/mol. The zero-order valence-electron chi connectivity index (χ0n) is 16.5. The summed E-state index contributed by atoms with van der Waals surface area (Å²) in [5.41, 5.74) is 2.53. The summed E-state index contributed by atoms with van der Waals surface area (Å²) in [5.74, 6) is 3.34. The van der Waals surface area contributed by atoms with Crippen molar-refractivity contribution in [3.8, 4) is 0 Å². The number of hydrogen-bond donors (Lipinski definition) is 1. The number of thioether (sulfide) groups is 1. The van der Waals surface area contributed by atoms with Gasteiger partial charge in [0.15, 0.2) is 0 Å². The summed E-state index contributed by atoms with van der Waals surface area (Å²) in [6, 6.07) is 10.8. The first-order chi connectivity index (χ1) is 14.2. The Labute approximate surface area is 174 Å². The molecule has 7 nitrogen and oxygen atoms in total. The van der Waals surface area contributed by atoms with Gasteiger partial charge in [0.25, 0.3) is 0 Å². The van der Waals surface area contributed by atoms with Crippen molar-refractivity contribution in [1.29, 1.82) is 0 Å². The van der Waals surface area contributed by atoms with Crippen LogP contribution in [0.3, 0.4) is 0 Å². The molecule has 3 aliphatic rings. The number of amides is 1. The fourth-order valence-electron chi connectivity index (χ4n) is 4.24. The first-order valence-electron chi connectivity index (χ1n) is 10.1. The van der Waals surface area contributed by atoms with Crippen molar-refractivity contribution in [2.24, 2.45) is 0 Å². The Hall–Kier alpha value is -2.48. The van der Waals surface area contributed by atoms with Crippen LogP contribution < -0.4 is 10.2 Å². The average Bonchev–Trinajstić information content (AvgIpc) is 3.37. The summed E-state index contributed by atoms with van der Waals surface area (Å²) in [6.07, 6.45) is 1.62.